The summed E-state index contributed by atoms with van der Waals surface area (Å²) in [5, 5.41) is 6.92. The average Bonchev–Trinajstić information content (AvgIpc) is 2.63. The largest absolute Gasteiger partial charge is 0.416 e. The first-order chi connectivity index (χ1) is 7.88. The molecule has 0 aliphatic rings. The van der Waals surface area contributed by atoms with Gasteiger partial charge in [0.25, 0.3) is 0 Å². The van der Waals surface area contributed by atoms with Gasteiger partial charge in [-0.15, -0.1) is 10.2 Å². The Kier molecular flexibility index (Phi) is 3.05. The first kappa shape index (κ1) is 12.3. The highest BCUT2D eigenvalue weighted by atomic mass is 35.5. The van der Waals surface area contributed by atoms with Crippen LogP contribution in [0.4, 0.5) is 17.6 Å². The standard InChI is InChI=1S/C9H3ClF4N2S/c10-8-16-15-7(17-8)5-3-4(9(12,13)14)1-2-6(5)11/h1-3H. The topological polar surface area (TPSA) is 25.8 Å². The van der Waals surface area contributed by atoms with Gasteiger partial charge < -0.3 is 0 Å². The number of halogens is 5. The van der Waals surface area contributed by atoms with Gasteiger partial charge in [0.1, 0.15) is 5.82 Å². The summed E-state index contributed by atoms with van der Waals surface area (Å²) in [7, 11) is 0. The van der Waals surface area contributed by atoms with E-state index in [9.17, 15) is 17.6 Å². The van der Waals surface area contributed by atoms with E-state index in [1.54, 1.807) is 0 Å². The van der Waals surface area contributed by atoms with Crippen molar-refractivity contribution in [3.8, 4) is 10.6 Å². The maximum atomic E-state index is 13.4. The van der Waals surface area contributed by atoms with E-state index >= 15 is 0 Å². The van der Waals surface area contributed by atoms with E-state index in [-0.39, 0.29) is 15.0 Å². The second kappa shape index (κ2) is 4.23. The third kappa shape index (κ3) is 2.55. The fourth-order valence-corrected chi connectivity index (χ4v) is 2.03. The van der Waals surface area contributed by atoms with Crippen LogP contribution in [0.25, 0.3) is 10.6 Å². The van der Waals surface area contributed by atoms with Gasteiger partial charge in [0.15, 0.2) is 5.01 Å². The van der Waals surface area contributed by atoms with Crippen LogP contribution in [0.2, 0.25) is 4.47 Å². The molecule has 0 radical (unpaired) electrons. The molecule has 0 spiro atoms. The molecule has 0 saturated heterocycles. The fraction of sp³-hybridized carbons (Fsp3) is 0.111. The number of aromatic nitrogens is 2. The first-order valence-electron chi connectivity index (χ1n) is 4.24. The van der Waals surface area contributed by atoms with Gasteiger partial charge >= 0.3 is 6.18 Å². The number of benzene rings is 1. The maximum absolute atomic E-state index is 13.4. The van der Waals surface area contributed by atoms with Gasteiger partial charge in [0.2, 0.25) is 4.47 Å². The van der Waals surface area contributed by atoms with Crippen LogP contribution < -0.4 is 0 Å². The van der Waals surface area contributed by atoms with Crippen LogP contribution in [0.15, 0.2) is 18.2 Å². The van der Waals surface area contributed by atoms with Gasteiger partial charge in [0.05, 0.1) is 5.56 Å². The molecule has 2 nitrogen and oxygen atoms in total. The zero-order chi connectivity index (χ0) is 12.6. The van der Waals surface area contributed by atoms with Crippen LogP contribution in [-0.2, 0) is 6.18 Å². The van der Waals surface area contributed by atoms with Crippen LogP contribution >= 0.6 is 22.9 Å². The van der Waals surface area contributed by atoms with E-state index < -0.39 is 17.6 Å². The van der Waals surface area contributed by atoms with Crippen LogP contribution in [0, 0.1) is 5.82 Å². The molecule has 0 aliphatic carbocycles. The molecule has 1 aromatic heterocycles. The van der Waals surface area contributed by atoms with E-state index in [1.807, 2.05) is 0 Å². The third-order valence-electron chi connectivity index (χ3n) is 1.92. The van der Waals surface area contributed by atoms with Crippen LogP contribution in [0.3, 0.4) is 0 Å². The van der Waals surface area contributed by atoms with Gasteiger partial charge in [-0.1, -0.05) is 11.3 Å². The van der Waals surface area contributed by atoms with Crippen molar-refractivity contribution in [2.45, 2.75) is 6.18 Å². The lowest BCUT2D eigenvalue weighted by Gasteiger charge is -2.07. The number of nitrogens with zero attached hydrogens (tertiary/aromatic N) is 2. The predicted octanol–water partition coefficient (Wildman–Crippen LogP) is 4.02. The Hall–Kier alpha value is -1.21. The average molecular weight is 283 g/mol. The lowest BCUT2D eigenvalue weighted by Crippen LogP contribution is -2.05. The van der Waals surface area contributed by atoms with Crippen LogP contribution in [-0.4, -0.2) is 10.2 Å². The zero-order valence-electron chi connectivity index (χ0n) is 7.92. The quantitative estimate of drug-likeness (QED) is 0.738. The summed E-state index contributed by atoms with van der Waals surface area (Å²) in [4.78, 5) is 0. The van der Waals surface area contributed by atoms with E-state index in [0.717, 1.165) is 17.4 Å². The summed E-state index contributed by atoms with van der Waals surface area (Å²) in [6.07, 6.45) is -4.53. The number of alkyl halides is 3. The molecule has 0 aliphatic heterocycles. The monoisotopic (exact) mass is 282 g/mol. The van der Waals surface area contributed by atoms with Crippen molar-refractivity contribution in [1.29, 1.82) is 0 Å². The first-order valence-corrected chi connectivity index (χ1v) is 5.43. The van der Waals surface area contributed by atoms with Crippen molar-refractivity contribution in [1.82, 2.24) is 10.2 Å². The summed E-state index contributed by atoms with van der Waals surface area (Å²) < 4.78 is 50.7. The lowest BCUT2D eigenvalue weighted by atomic mass is 10.1. The summed E-state index contributed by atoms with van der Waals surface area (Å²) in [5.74, 6) is -0.800. The fourth-order valence-electron chi connectivity index (χ4n) is 1.18. The van der Waals surface area contributed by atoms with Gasteiger partial charge in [-0.2, -0.15) is 13.2 Å². The minimum absolute atomic E-state index is 0.0126. The molecule has 0 saturated carbocycles. The van der Waals surface area contributed by atoms with Gasteiger partial charge in [-0.3, -0.25) is 0 Å². The van der Waals surface area contributed by atoms with Gasteiger partial charge in [0, 0.05) is 5.56 Å². The Labute approximate surface area is 102 Å². The maximum Gasteiger partial charge on any atom is 0.416 e. The van der Waals surface area contributed by atoms with Crippen molar-refractivity contribution < 1.29 is 17.6 Å². The molecule has 90 valence electrons. The molecule has 0 amide bonds. The minimum atomic E-state index is -4.53. The van der Waals surface area contributed by atoms with E-state index in [1.165, 1.54) is 0 Å². The molecule has 8 heteroatoms. The van der Waals surface area contributed by atoms with Crippen molar-refractivity contribution >= 4 is 22.9 Å². The van der Waals surface area contributed by atoms with Crippen molar-refractivity contribution in [2.75, 3.05) is 0 Å². The number of hydrogen-bond acceptors (Lipinski definition) is 3. The van der Waals surface area contributed by atoms with Gasteiger partial charge in [-0.25, -0.2) is 4.39 Å². The summed E-state index contributed by atoms with van der Waals surface area (Å²) >= 11 is 6.30. The second-order valence-electron chi connectivity index (χ2n) is 3.05. The molecule has 0 unspecified atom stereocenters. The predicted molar refractivity (Wildman–Crippen MR) is 55.3 cm³/mol. The highest BCUT2D eigenvalue weighted by Gasteiger charge is 2.31. The van der Waals surface area contributed by atoms with Crippen molar-refractivity contribution in [3.63, 3.8) is 0 Å². The molecule has 1 aromatic carbocycles. The van der Waals surface area contributed by atoms with Crippen LogP contribution in [0.5, 0.6) is 0 Å². The molecular weight excluding hydrogens is 280 g/mol. The molecular formula is C9H3ClF4N2S. The molecule has 0 atom stereocenters. The lowest BCUT2D eigenvalue weighted by molar-refractivity contribution is -0.137. The molecule has 1 heterocycles. The zero-order valence-corrected chi connectivity index (χ0v) is 9.50. The number of rotatable bonds is 1. The minimum Gasteiger partial charge on any atom is -0.206 e. The Bertz CT molecular complexity index is 552. The molecule has 17 heavy (non-hydrogen) atoms. The van der Waals surface area contributed by atoms with Crippen molar-refractivity contribution in [2.24, 2.45) is 0 Å². The summed E-state index contributed by atoms with van der Waals surface area (Å²) in [6.45, 7) is 0. The van der Waals surface area contributed by atoms with Gasteiger partial charge in [-0.05, 0) is 29.8 Å². The molecule has 2 rings (SSSR count). The van der Waals surface area contributed by atoms with E-state index in [2.05, 4.69) is 10.2 Å². The second-order valence-corrected chi connectivity index (χ2v) is 4.61. The molecule has 0 N–H and O–H groups in total. The van der Waals surface area contributed by atoms with Crippen LogP contribution in [0.1, 0.15) is 5.56 Å². The smallest absolute Gasteiger partial charge is 0.206 e. The molecule has 0 fully saturated rings. The Morgan fingerprint density at radius 1 is 1.18 bits per heavy atom. The molecule has 2 aromatic rings. The normalized spacial score (nSPS) is 11.8. The number of hydrogen-bond donors (Lipinski definition) is 0. The third-order valence-corrected chi connectivity index (χ3v) is 2.98. The molecule has 0 bridgehead atoms. The highest BCUT2D eigenvalue weighted by Crippen LogP contribution is 2.34. The van der Waals surface area contributed by atoms with Crippen molar-refractivity contribution in [3.05, 3.63) is 34.0 Å². The Balaban J connectivity index is 2.54. The van der Waals surface area contributed by atoms with E-state index in [4.69, 9.17) is 11.6 Å². The summed E-state index contributed by atoms with van der Waals surface area (Å²) in [6, 6.07) is 2.10. The van der Waals surface area contributed by atoms with E-state index in [0.29, 0.717) is 12.1 Å². The summed E-state index contributed by atoms with van der Waals surface area (Å²) in [5.41, 5.74) is -1.20. The highest BCUT2D eigenvalue weighted by molar-refractivity contribution is 7.18. The Morgan fingerprint density at radius 3 is 2.41 bits per heavy atom. The SMILES string of the molecule is Fc1ccc(C(F)(F)F)cc1-c1nnc(Cl)s1. The Morgan fingerprint density at radius 2 is 1.88 bits per heavy atom.